The monoisotopic (exact) mass is 389 g/mol. The van der Waals surface area contributed by atoms with E-state index in [4.69, 9.17) is 4.74 Å². The summed E-state index contributed by atoms with van der Waals surface area (Å²) in [6, 6.07) is 14.7. The van der Waals surface area contributed by atoms with E-state index in [2.05, 4.69) is 31.8 Å². The summed E-state index contributed by atoms with van der Waals surface area (Å²) in [5, 5.41) is 7.09. The van der Waals surface area contributed by atoms with Crippen LogP contribution in [0.25, 0.3) is 0 Å². The average Bonchev–Trinajstić information content (AvgIpc) is 2.58. The van der Waals surface area contributed by atoms with Crippen LogP contribution in [0.1, 0.15) is 19.4 Å². The summed E-state index contributed by atoms with van der Waals surface area (Å²) < 4.78 is 6.38. The van der Waals surface area contributed by atoms with Crippen LogP contribution in [-0.4, -0.2) is 24.8 Å². The zero-order valence-corrected chi connectivity index (χ0v) is 15.2. The van der Waals surface area contributed by atoms with E-state index in [1.165, 1.54) is 0 Å². The molecule has 0 aliphatic heterocycles. The third kappa shape index (κ3) is 5.70. The van der Waals surface area contributed by atoms with Gasteiger partial charge in [0.2, 0.25) is 0 Å². The van der Waals surface area contributed by atoms with E-state index >= 15 is 0 Å². The SMILES string of the molecule is CCOc1ccc(NC(C)C(=O)NN=Cc2ccc(Br)cc2)cc1. The normalized spacial score (nSPS) is 12.0. The molecule has 126 valence electrons. The predicted octanol–water partition coefficient (Wildman–Crippen LogP) is 3.80. The first-order valence-electron chi connectivity index (χ1n) is 7.66. The Hall–Kier alpha value is -2.34. The number of ether oxygens (including phenoxy) is 1. The van der Waals surface area contributed by atoms with Gasteiger partial charge in [-0.05, 0) is 55.8 Å². The average molecular weight is 390 g/mol. The van der Waals surface area contributed by atoms with Gasteiger partial charge in [0.1, 0.15) is 11.8 Å². The number of benzene rings is 2. The number of hydrazone groups is 1. The molecule has 2 aromatic carbocycles. The molecule has 0 saturated heterocycles. The zero-order valence-electron chi connectivity index (χ0n) is 13.6. The van der Waals surface area contributed by atoms with Crippen LogP contribution in [0.2, 0.25) is 0 Å². The molecule has 0 aliphatic carbocycles. The van der Waals surface area contributed by atoms with Gasteiger partial charge in [0.15, 0.2) is 0 Å². The first-order valence-corrected chi connectivity index (χ1v) is 8.45. The van der Waals surface area contributed by atoms with Gasteiger partial charge >= 0.3 is 0 Å². The summed E-state index contributed by atoms with van der Waals surface area (Å²) in [5.74, 6) is 0.594. The molecular weight excluding hydrogens is 370 g/mol. The highest BCUT2D eigenvalue weighted by Crippen LogP contribution is 2.16. The van der Waals surface area contributed by atoms with Crippen molar-refractivity contribution in [3.8, 4) is 5.75 Å². The second kappa shape index (κ2) is 9.08. The third-order valence-electron chi connectivity index (χ3n) is 3.20. The number of halogens is 1. The number of anilines is 1. The van der Waals surface area contributed by atoms with Crippen molar-refractivity contribution in [1.29, 1.82) is 0 Å². The quantitative estimate of drug-likeness (QED) is 0.559. The molecule has 0 bridgehead atoms. The van der Waals surface area contributed by atoms with E-state index in [0.717, 1.165) is 21.5 Å². The number of nitrogens with zero attached hydrogens (tertiary/aromatic N) is 1. The lowest BCUT2D eigenvalue weighted by Gasteiger charge is -2.13. The van der Waals surface area contributed by atoms with E-state index in [-0.39, 0.29) is 5.91 Å². The third-order valence-corrected chi connectivity index (χ3v) is 3.73. The van der Waals surface area contributed by atoms with Crippen molar-refractivity contribution in [3.05, 3.63) is 58.6 Å². The Bertz CT molecular complexity index is 684. The molecule has 0 aromatic heterocycles. The Balaban J connectivity index is 1.84. The lowest BCUT2D eigenvalue weighted by atomic mass is 10.2. The number of nitrogens with one attached hydrogen (secondary N) is 2. The maximum atomic E-state index is 12.0. The van der Waals surface area contributed by atoms with Crippen LogP contribution >= 0.6 is 15.9 Å². The number of carbonyl (C=O) groups is 1. The van der Waals surface area contributed by atoms with E-state index in [1.54, 1.807) is 13.1 Å². The van der Waals surface area contributed by atoms with Crippen LogP contribution in [0.15, 0.2) is 58.1 Å². The predicted molar refractivity (Wildman–Crippen MR) is 101 cm³/mol. The molecule has 0 radical (unpaired) electrons. The van der Waals surface area contributed by atoms with Gasteiger partial charge in [0.05, 0.1) is 12.8 Å². The molecule has 0 spiro atoms. The van der Waals surface area contributed by atoms with Gasteiger partial charge in [-0.1, -0.05) is 28.1 Å². The minimum atomic E-state index is -0.412. The molecule has 0 heterocycles. The summed E-state index contributed by atoms with van der Waals surface area (Å²) in [5.41, 5.74) is 4.28. The first kappa shape index (κ1) is 18.0. The summed E-state index contributed by atoms with van der Waals surface area (Å²) in [4.78, 5) is 12.0. The number of hydrogen-bond donors (Lipinski definition) is 2. The standard InChI is InChI=1S/C18H20BrN3O2/c1-3-24-17-10-8-16(9-11-17)21-13(2)18(23)22-20-12-14-4-6-15(19)7-5-14/h4-13,21H,3H2,1-2H3,(H,22,23). The molecule has 5 nitrogen and oxygen atoms in total. The van der Waals surface area contributed by atoms with E-state index in [9.17, 15) is 4.79 Å². The highest BCUT2D eigenvalue weighted by Gasteiger charge is 2.11. The van der Waals surface area contributed by atoms with Gasteiger partial charge in [-0.25, -0.2) is 5.43 Å². The molecule has 0 fully saturated rings. The highest BCUT2D eigenvalue weighted by atomic mass is 79.9. The van der Waals surface area contributed by atoms with Crippen LogP contribution in [0.4, 0.5) is 5.69 Å². The minimum absolute atomic E-state index is 0.211. The number of amides is 1. The van der Waals surface area contributed by atoms with E-state index in [1.807, 2.05) is 55.5 Å². The van der Waals surface area contributed by atoms with Gasteiger partial charge in [0, 0.05) is 10.2 Å². The van der Waals surface area contributed by atoms with Crippen LogP contribution in [0.3, 0.4) is 0 Å². The summed E-state index contributed by atoms with van der Waals surface area (Å²) in [6.07, 6.45) is 1.61. The fraction of sp³-hybridized carbons (Fsp3) is 0.222. The minimum Gasteiger partial charge on any atom is -0.494 e. The van der Waals surface area contributed by atoms with Gasteiger partial charge in [0.25, 0.3) is 5.91 Å². The topological polar surface area (TPSA) is 62.7 Å². The van der Waals surface area contributed by atoms with Crippen molar-refractivity contribution in [2.45, 2.75) is 19.9 Å². The Morgan fingerprint density at radius 2 is 1.88 bits per heavy atom. The Kier molecular flexibility index (Phi) is 6.81. The van der Waals surface area contributed by atoms with Crippen molar-refractivity contribution < 1.29 is 9.53 Å². The molecule has 1 atom stereocenters. The highest BCUT2D eigenvalue weighted by molar-refractivity contribution is 9.10. The van der Waals surface area contributed by atoms with Crippen molar-refractivity contribution in [2.24, 2.45) is 5.10 Å². The maximum absolute atomic E-state index is 12.0. The number of rotatable bonds is 7. The smallest absolute Gasteiger partial charge is 0.262 e. The number of carbonyl (C=O) groups excluding carboxylic acids is 1. The van der Waals surface area contributed by atoms with Crippen LogP contribution < -0.4 is 15.5 Å². The van der Waals surface area contributed by atoms with Gasteiger partial charge in [-0.2, -0.15) is 5.10 Å². The van der Waals surface area contributed by atoms with Gasteiger partial charge < -0.3 is 10.1 Å². The fourth-order valence-corrected chi connectivity index (χ4v) is 2.21. The summed E-state index contributed by atoms with van der Waals surface area (Å²) >= 11 is 3.37. The van der Waals surface area contributed by atoms with Crippen molar-refractivity contribution >= 4 is 33.7 Å². The molecular formula is C18H20BrN3O2. The molecule has 0 saturated carbocycles. The van der Waals surface area contributed by atoms with Crippen molar-refractivity contribution in [3.63, 3.8) is 0 Å². The Labute approximate surface area is 150 Å². The molecule has 6 heteroatoms. The lowest BCUT2D eigenvalue weighted by Crippen LogP contribution is -2.34. The molecule has 0 aliphatic rings. The largest absolute Gasteiger partial charge is 0.494 e. The van der Waals surface area contributed by atoms with Crippen molar-refractivity contribution in [1.82, 2.24) is 5.43 Å². The molecule has 24 heavy (non-hydrogen) atoms. The van der Waals surface area contributed by atoms with Crippen molar-refractivity contribution in [2.75, 3.05) is 11.9 Å². The second-order valence-electron chi connectivity index (χ2n) is 5.11. The first-order chi connectivity index (χ1) is 11.6. The number of hydrogen-bond acceptors (Lipinski definition) is 4. The van der Waals surface area contributed by atoms with Crippen LogP contribution in [0, 0.1) is 0 Å². The summed E-state index contributed by atoms with van der Waals surface area (Å²) in [6.45, 7) is 4.34. The zero-order chi connectivity index (χ0) is 17.4. The maximum Gasteiger partial charge on any atom is 0.262 e. The van der Waals surface area contributed by atoms with Crippen LogP contribution in [-0.2, 0) is 4.79 Å². The Morgan fingerprint density at radius 3 is 2.50 bits per heavy atom. The van der Waals surface area contributed by atoms with Gasteiger partial charge in [-0.15, -0.1) is 0 Å². The molecule has 1 unspecified atom stereocenters. The molecule has 2 aromatic rings. The Morgan fingerprint density at radius 1 is 1.21 bits per heavy atom. The fourth-order valence-electron chi connectivity index (χ4n) is 1.95. The van der Waals surface area contributed by atoms with Crippen LogP contribution in [0.5, 0.6) is 5.75 Å². The van der Waals surface area contributed by atoms with Gasteiger partial charge in [-0.3, -0.25) is 4.79 Å². The molecule has 1 amide bonds. The summed E-state index contributed by atoms with van der Waals surface area (Å²) in [7, 11) is 0. The van der Waals surface area contributed by atoms with E-state index in [0.29, 0.717) is 6.61 Å². The van der Waals surface area contributed by atoms with E-state index < -0.39 is 6.04 Å². The second-order valence-corrected chi connectivity index (χ2v) is 6.02. The molecule has 2 N–H and O–H groups in total. The molecule has 2 rings (SSSR count). The lowest BCUT2D eigenvalue weighted by molar-refractivity contribution is -0.121.